The Balaban J connectivity index is 2.21. The Bertz CT molecular complexity index is 420. The summed E-state index contributed by atoms with van der Waals surface area (Å²) in [6.07, 6.45) is -0.764. The molecule has 0 aliphatic rings. The van der Waals surface area contributed by atoms with Crippen molar-refractivity contribution >= 4 is 11.8 Å². The lowest BCUT2D eigenvalue weighted by Crippen LogP contribution is -2.33. The monoisotopic (exact) mass is 323 g/mol. The fourth-order valence-corrected chi connectivity index (χ4v) is 2.25. The van der Waals surface area contributed by atoms with Crippen LogP contribution < -0.4 is 10.1 Å². The number of aliphatic hydroxyl groups is 1. The number of alkyl halides is 3. The predicted octanol–water partition coefficient (Wildman–Crippen LogP) is 2.89. The van der Waals surface area contributed by atoms with Gasteiger partial charge in [-0.2, -0.15) is 13.2 Å². The zero-order valence-corrected chi connectivity index (χ0v) is 12.9. The van der Waals surface area contributed by atoms with Crippen molar-refractivity contribution in [1.82, 2.24) is 5.32 Å². The van der Waals surface area contributed by atoms with Gasteiger partial charge in [0.25, 0.3) is 0 Å². The second kappa shape index (κ2) is 8.51. The van der Waals surface area contributed by atoms with E-state index in [1.54, 1.807) is 0 Å². The lowest BCUT2D eigenvalue weighted by Gasteiger charge is -2.16. The molecule has 1 unspecified atom stereocenters. The fourth-order valence-electron chi connectivity index (χ4n) is 1.77. The molecule has 0 bridgehead atoms. The van der Waals surface area contributed by atoms with E-state index < -0.39 is 11.6 Å². The molecule has 1 rings (SSSR count). The topological polar surface area (TPSA) is 41.5 Å². The van der Waals surface area contributed by atoms with E-state index in [0.717, 1.165) is 16.9 Å². The molecule has 0 saturated carbocycles. The van der Waals surface area contributed by atoms with Gasteiger partial charge in [0, 0.05) is 18.8 Å². The van der Waals surface area contributed by atoms with Crippen LogP contribution in [0.5, 0.6) is 5.75 Å². The van der Waals surface area contributed by atoms with Gasteiger partial charge in [0.15, 0.2) is 0 Å². The minimum Gasteiger partial charge on any atom is -0.490 e. The third-order valence-corrected chi connectivity index (χ3v) is 3.49. The molecule has 0 aromatic heterocycles. The number of ether oxygens (including phenoxy) is 1. The number of aryl methyl sites for hydroxylation is 2. The van der Waals surface area contributed by atoms with Gasteiger partial charge in [0.2, 0.25) is 0 Å². The summed E-state index contributed by atoms with van der Waals surface area (Å²) in [6.45, 7) is 4.32. The van der Waals surface area contributed by atoms with Crippen molar-refractivity contribution in [3.8, 4) is 5.75 Å². The maximum atomic E-state index is 11.9. The van der Waals surface area contributed by atoms with Crippen molar-refractivity contribution in [3.05, 3.63) is 29.3 Å². The van der Waals surface area contributed by atoms with E-state index in [1.807, 2.05) is 32.0 Å². The summed E-state index contributed by atoms with van der Waals surface area (Å²) in [5.41, 5.74) is -2.24. The Kier molecular flexibility index (Phi) is 7.34. The molecule has 0 amide bonds. The number of benzene rings is 1. The molecule has 120 valence electrons. The van der Waals surface area contributed by atoms with Crippen molar-refractivity contribution in [2.45, 2.75) is 25.5 Å². The van der Waals surface area contributed by atoms with Crippen molar-refractivity contribution in [2.75, 3.05) is 25.4 Å². The van der Waals surface area contributed by atoms with E-state index in [4.69, 9.17) is 4.74 Å². The van der Waals surface area contributed by atoms with Gasteiger partial charge in [-0.1, -0.05) is 18.2 Å². The van der Waals surface area contributed by atoms with E-state index in [-0.39, 0.29) is 37.2 Å². The van der Waals surface area contributed by atoms with Gasteiger partial charge in [0.05, 0.1) is 0 Å². The van der Waals surface area contributed by atoms with Crippen LogP contribution in [0, 0.1) is 13.8 Å². The molecule has 1 aromatic carbocycles. The molecule has 0 aliphatic carbocycles. The minimum absolute atomic E-state index is 0.0754. The molecule has 0 radical (unpaired) electrons. The molecule has 2 N–H and O–H groups in total. The van der Waals surface area contributed by atoms with Crippen LogP contribution in [-0.2, 0) is 0 Å². The average Bonchev–Trinajstić information content (AvgIpc) is 2.36. The summed E-state index contributed by atoms with van der Waals surface area (Å²) < 4.78 is 41.2. The Morgan fingerprint density at radius 1 is 1.29 bits per heavy atom. The summed E-state index contributed by atoms with van der Waals surface area (Å²) in [4.78, 5) is 0. The second-order valence-electron chi connectivity index (χ2n) is 4.68. The zero-order valence-electron chi connectivity index (χ0n) is 12.0. The van der Waals surface area contributed by atoms with E-state index in [1.165, 1.54) is 0 Å². The first-order chi connectivity index (χ1) is 9.79. The van der Waals surface area contributed by atoms with Crippen molar-refractivity contribution < 1.29 is 23.0 Å². The lowest BCUT2D eigenvalue weighted by atomic mass is 10.1. The molecule has 1 atom stereocenters. The first kappa shape index (κ1) is 18.1. The minimum atomic E-state index is -4.20. The Labute approximate surface area is 126 Å². The third kappa shape index (κ3) is 7.59. The highest BCUT2D eigenvalue weighted by atomic mass is 32.2. The van der Waals surface area contributed by atoms with Crippen LogP contribution in [0.3, 0.4) is 0 Å². The van der Waals surface area contributed by atoms with Gasteiger partial charge in [-0.05, 0) is 36.7 Å². The van der Waals surface area contributed by atoms with Gasteiger partial charge in [-0.15, -0.1) is 0 Å². The van der Waals surface area contributed by atoms with Gasteiger partial charge in [-0.25, -0.2) is 0 Å². The molecule has 0 spiro atoms. The quantitative estimate of drug-likeness (QED) is 0.722. The summed E-state index contributed by atoms with van der Waals surface area (Å²) >= 11 is -0.0760. The fraction of sp³-hybridized carbons (Fsp3) is 0.571. The van der Waals surface area contributed by atoms with Crippen LogP contribution in [0.1, 0.15) is 11.1 Å². The molecular formula is C14H20F3NO2S. The number of hydrogen-bond donors (Lipinski definition) is 2. The van der Waals surface area contributed by atoms with Crippen LogP contribution in [0.4, 0.5) is 13.2 Å². The zero-order chi connectivity index (χ0) is 15.9. The van der Waals surface area contributed by atoms with Gasteiger partial charge >= 0.3 is 5.51 Å². The molecule has 0 heterocycles. The number of halogens is 3. The number of thioether (sulfide) groups is 1. The SMILES string of the molecule is Cc1cccc(C)c1OCC(O)CNCCSC(F)(F)F. The maximum absolute atomic E-state index is 11.9. The van der Waals surface area contributed by atoms with E-state index in [2.05, 4.69) is 5.32 Å². The van der Waals surface area contributed by atoms with Crippen LogP contribution in [0.2, 0.25) is 0 Å². The normalized spacial score (nSPS) is 13.2. The molecule has 1 aromatic rings. The van der Waals surface area contributed by atoms with Gasteiger partial charge in [0.1, 0.15) is 18.5 Å². The Morgan fingerprint density at radius 3 is 2.48 bits per heavy atom. The molecule has 0 fully saturated rings. The first-order valence-corrected chi connectivity index (χ1v) is 7.56. The summed E-state index contributed by atoms with van der Waals surface area (Å²) in [5.74, 6) is 0.665. The van der Waals surface area contributed by atoms with E-state index in [0.29, 0.717) is 0 Å². The van der Waals surface area contributed by atoms with Crippen molar-refractivity contribution in [3.63, 3.8) is 0 Å². The van der Waals surface area contributed by atoms with Crippen molar-refractivity contribution in [1.29, 1.82) is 0 Å². The number of nitrogens with one attached hydrogen (secondary N) is 1. The largest absolute Gasteiger partial charge is 0.490 e. The number of rotatable bonds is 8. The number of aliphatic hydroxyl groups excluding tert-OH is 1. The van der Waals surface area contributed by atoms with E-state index in [9.17, 15) is 18.3 Å². The van der Waals surface area contributed by atoms with Crippen LogP contribution in [-0.4, -0.2) is 42.2 Å². The van der Waals surface area contributed by atoms with E-state index >= 15 is 0 Å². The van der Waals surface area contributed by atoms with Crippen LogP contribution in [0.15, 0.2) is 18.2 Å². The second-order valence-corrected chi connectivity index (χ2v) is 5.84. The molecule has 0 aliphatic heterocycles. The highest BCUT2D eigenvalue weighted by Gasteiger charge is 2.27. The molecular weight excluding hydrogens is 303 g/mol. The Hall–Kier alpha value is -0.920. The first-order valence-electron chi connectivity index (χ1n) is 6.58. The molecule has 3 nitrogen and oxygen atoms in total. The lowest BCUT2D eigenvalue weighted by molar-refractivity contribution is -0.0327. The highest BCUT2D eigenvalue weighted by Crippen LogP contribution is 2.29. The van der Waals surface area contributed by atoms with Crippen LogP contribution in [0.25, 0.3) is 0 Å². The standard InChI is InChI=1S/C14H20F3NO2S/c1-10-4-3-5-11(2)13(10)20-9-12(19)8-18-6-7-21-14(15,16)17/h3-5,12,18-19H,6-9H2,1-2H3. The van der Waals surface area contributed by atoms with Crippen molar-refractivity contribution in [2.24, 2.45) is 0 Å². The Morgan fingerprint density at radius 2 is 1.90 bits per heavy atom. The number of para-hydroxylation sites is 1. The van der Waals surface area contributed by atoms with Crippen LogP contribution >= 0.6 is 11.8 Å². The number of hydrogen-bond acceptors (Lipinski definition) is 4. The average molecular weight is 323 g/mol. The smallest absolute Gasteiger partial charge is 0.441 e. The van der Waals surface area contributed by atoms with Gasteiger partial charge in [-0.3, -0.25) is 0 Å². The molecule has 21 heavy (non-hydrogen) atoms. The predicted molar refractivity (Wildman–Crippen MR) is 78.8 cm³/mol. The molecule has 0 saturated heterocycles. The molecule has 7 heteroatoms. The summed E-state index contributed by atoms with van der Waals surface area (Å²) in [7, 11) is 0. The highest BCUT2D eigenvalue weighted by molar-refractivity contribution is 8.00. The third-order valence-electron chi connectivity index (χ3n) is 2.75. The maximum Gasteiger partial charge on any atom is 0.441 e. The summed E-state index contributed by atoms with van der Waals surface area (Å²) in [6, 6.07) is 5.76. The van der Waals surface area contributed by atoms with Gasteiger partial charge < -0.3 is 15.2 Å². The summed E-state index contributed by atoms with van der Waals surface area (Å²) in [5, 5.41) is 12.5.